The second kappa shape index (κ2) is 4.61. The first-order valence-electron chi connectivity index (χ1n) is 6.12. The Morgan fingerprint density at radius 2 is 2.16 bits per heavy atom. The van der Waals surface area contributed by atoms with Crippen LogP contribution in [0.2, 0.25) is 0 Å². The van der Waals surface area contributed by atoms with Gasteiger partial charge in [-0.05, 0) is 31.2 Å². The summed E-state index contributed by atoms with van der Waals surface area (Å²) in [5, 5.41) is 0. The Kier molecular flexibility index (Phi) is 2.79. The quantitative estimate of drug-likeness (QED) is 0.779. The van der Waals surface area contributed by atoms with Crippen LogP contribution in [0.15, 0.2) is 42.6 Å². The lowest BCUT2D eigenvalue weighted by molar-refractivity contribution is 0.340. The second-order valence-corrected chi connectivity index (χ2v) is 4.08. The Hall–Kier alpha value is -2.56. The summed E-state index contributed by atoms with van der Waals surface area (Å²) in [4.78, 5) is 8.64. The van der Waals surface area contributed by atoms with Crippen LogP contribution in [-0.2, 0) is 0 Å². The maximum Gasteiger partial charge on any atom is 0.207 e. The molecule has 0 fully saturated rings. The lowest BCUT2D eigenvalue weighted by Gasteiger charge is -2.08. The van der Waals surface area contributed by atoms with E-state index in [0.29, 0.717) is 12.6 Å². The van der Waals surface area contributed by atoms with Crippen LogP contribution in [-0.4, -0.2) is 21.1 Å². The molecule has 0 aliphatic heterocycles. The number of hydrogen-bond donors (Lipinski definition) is 1. The van der Waals surface area contributed by atoms with Gasteiger partial charge in [0.05, 0.1) is 12.3 Å². The molecule has 2 N–H and O–H groups in total. The highest BCUT2D eigenvalue weighted by Gasteiger charge is 2.10. The van der Waals surface area contributed by atoms with Gasteiger partial charge in [-0.1, -0.05) is 6.07 Å². The third kappa shape index (κ3) is 1.99. The number of rotatable bonds is 3. The van der Waals surface area contributed by atoms with Crippen molar-refractivity contribution in [1.29, 1.82) is 0 Å². The molecule has 3 aromatic rings. The van der Waals surface area contributed by atoms with Crippen molar-refractivity contribution < 1.29 is 4.74 Å². The van der Waals surface area contributed by atoms with Crippen LogP contribution in [0.5, 0.6) is 5.75 Å². The average Bonchev–Trinajstić information content (AvgIpc) is 2.75. The van der Waals surface area contributed by atoms with Gasteiger partial charge in [0.1, 0.15) is 11.3 Å². The molecule has 0 amide bonds. The Labute approximate surface area is 110 Å². The molecule has 0 unspecified atom stereocenters. The SMILES string of the molecule is CCOc1cccc(-n2c(N)nc3cccnc32)c1. The molecule has 5 heteroatoms. The smallest absolute Gasteiger partial charge is 0.207 e. The third-order valence-electron chi connectivity index (χ3n) is 2.83. The molecule has 5 nitrogen and oxygen atoms in total. The number of pyridine rings is 1. The summed E-state index contributed by atoms with van der Waals surface area (Å²) in [6, 6.07) is 11.5. The van der Waals surface area contributed by atoms with E-state index in [9.17, 15) is 0 Å². The molecular weight excluding hydrogens is 240 g/mol. The Bertz CT molecular complexity index is 720. The van der Waals surface area contributed by atoms with Crippen LogP contribution >= 0.6 is 0 Å². The summed E-state index contributed by atoms with van der Waals surface area (Å²) < 4.78 is 7.32. The fraction of sp³-hybridized carbons (Fsp3) is 0.143. The van der Waals surface area contributed by atoms with Crippen molar-refractivity contribution in [2.45, 2.75) is 6.92 Å². The van der Waals surface area contributed by atoms with Gasteiger partial charge in [0.15, 0.2) is 5.65 Å². The predicted molar refractivity (Wildman–Crippen MR) is 74.4 cm³/mol. The number of nitrogens with two attached hydrogens (primary N) is 1. The second-order valence-electron chi connectivity index (χ2n) is 4.08. The van der Waals surface area contributed by atoms with Crippen LogP contribution in [0.3, 0.4) is 0 Å². The van der Waals surface area contributed by atoms with Crippen LogP contribution in [0.25, 0.3) is 16.9 Å². The molecule has 96 valence electrons. The van der Waals surface area contributed by atoms with Crippen molar-refractivity contribution in [2.24, 2.45) is 0 Å². The highest BCUT2D eigenvalue weighted by atomic mass is 16.5. The minimum absolute atomic E-state index is 0.419. The largest absolute Gasteiger partial charge is 0.494 e. The lowest BCUT2D eigenvalue weighted by atomic mass is 10.3. The van der Waals surface area contributed by atoms with Gasteiger partial charge in [0.25, 0.3) is 0 Å². The van der Waals surface area contributed by atoms with Crippen molar-refractivity contribution >= 4 is 17.1 Å². The van der Waals surface area contributed by atoms with Crippen LogP contribution < -0.4 is 10.5 Å². The summed E-state index contributed by atoms with van der Waals surface area (Å²) in [5.74, 6) is 1.22. The van der Waals surface area contributed by atoms with E-state index in [1.54, 1.807) is 6.20 Å². The van der Waals surface area contributed by atoms with Crippen molar-refractivity contribution in [2.75, 3.05) is 12.3 Å². The topological polar surface area (TPSA) is 66.0 Å². The number of benzene rings is 1. The van der Waals surface area contributed by atoms with E-state index >= 15 is 0 Å². The fourth-order valence-electron chi connectivity index (χ4n) is 2.06. The van der Waals surface area contributed by atoms with Gasteiger partial charge in [-0.3, -0.25) is 4.57 Å². The number of imidazole rings is 1. The normalized spacial score (nSPS) is 10.8. The number of hydrogen-bond acceptors (Lipinski definition) is 4. The number of fused-ring (bicyclic) bond motifs is 1. The molecule has 0 aliphatic rings. The zero-order valence-electron chi connectivity index (χ0n) is 10.6. The van der Waals surface area contributed by atoms with Crippen LogP contribution in [0.1, 0.15) is 6.92 Å². The molecule has 0 saturated carbocycles. The zero-order chi connectivity index (χ0) is 13.2. The van der Waals surface area contributed by atoms with Gasteiger partial charge >= 0.3 is 0 Å². The standard InChI is InChI=1S/C14H14N4O/c1-2-19-11-6-3-5-10(9-11)18-13-12(17-14(18)15)7-4-8-16-13/h3-9H,2H2,1H3,(H2,15,17). The molecule has 0 aliphatic carbocycles. The van der Waals surface area contributed by atoms with Gasteiger partial charge in [-0.25, -0.2) is 9.97 Å². The van der Waals surface area contributed by atoms with E-state index in [2.05, 4.69) is 9.97 Å². The maximum atomic E-state index is 5.98. The molecule has 0 saturated heterocycles. The van der Waals surface area contributed by atoms with Crippen molar-refractivity contribution in [3.63, 3.8) is 0 Å². The number of aromatic nitrogens is 3. The summed E-state index contributed by atoms with van der Waals surface area (Å²) in [6.07, 6.45) is 1.73. The van der Waals surface area contributed by atoms with Gasteiger partial charge in [0, 0.05) is 12.3 Å². The monoisotopic (exact) mass is 254 g/mol. The van der Waals surface area contributed by atoms with E-state index in [4.69, 9.17) is 10.5 Å². The minimum Gasteiger partial charge on any atom is -0.494 e. The first-order chi connectivity index (χ1) is 9.29. The molecule has 2 heterocycles. The molecule has 19 heavy (non-hydrogen) atoms. The van der Waals surface area contributed by atoms with Gasteiger partial charge in [-0.2, -0.15) is 0 Å². The molecule has 3 rings (SSSR count). The summed E-state index contributed by atoms with van der Waals surface area (Å²) in [5.41, 5.74) is 8.40. The molecule has 0 radical (unpaired) electrons. The van der Waals surface area contributed by atoms with E-state index in [0.717, 1.165) is 22.6 Å². The van der Waals surface area contributed by atoms with Gasteiger partial charge < -0.3 is 10.5 Å². The first kappa shape index (κ1) is 11.5. The van der Waals surface area contributed by atoms with Gasteiger partial charge in [-0.15, -0.1) is 0 Å². The highest BCUT2D eigenvalue weighted by molar-refractivity contribution is 5.76. The maximum absolute atomic E-state index is 5.98. The molecule has 0 atom stereocenters. The van der Waals surface area contributed by atoms with Crippen LogP contribution in [0.4, 0.5) is 5.95 Å². The predicted octanol–water partition coefficient (Wildman–Crippen LogP) is 2.40. The van der Waals surface area contributed by atoms with Gasteiger partial charge in [0.2, 0.25) is 5.95 Å². The molecular formula is C14H14N4O. The number of ether oxygens (including phenoxy) is 1. The number of nitrogens with zero attached hydrogens (tertiary/aromatic N) is 3. The van der Waals surface area contributed by atoms with E-state index < -0.39 is 0 Å². The molecule has 0 bridgehead atoms. The average molecular weight is 254 g/mol. The number of anilines is 1. The summed E-state index contributed by atoms with van der Waals surface area (Å²) >= 11 is 0. The minimum atomic E-state index is 0.419. The van der Waals surface area contributed by atoms with E-state index in [1.165, 1.54) is 0 Å². The summed E-state index contributed by atoms with van der Waals surface area (Å²) in [7, 11) is 0. The van der Waals surface area contributed by atoms with Crippen molar-refractivity contribution in [3.8, 4) is 11.4 Å². The molecule has 2 aromatic heterocycles. The Morgan fingerprint density at radius 3 is 3.00 bits per heavy atom. The highest BCUT2D eigenvalue weighted by Crippen LogP contribution is 2.23. The lowest BCUT2D eigenvalue weighted by Crippen LogP contribution is -2.02. The molecule has 1 aromatic carbocycles. The number of nitrogen functional groups attached to an aromatic ring is 1. The van der Waals surface area contributed by atoms with E-state index in [1.807, 2.05) is 47.9 Å². The van der Waals surface area contributed by atoms with E-state index in [-0.39, 0.29) is 0 Å². The van der Waals surface area contributed by atoms with Crippen LogP contribution in [0, 0.1) is 0 Å². The fourth-order valence-corrected chi connectivity index (χ4v) is 2.06. The zero-order valence-corrected chi connectivity index (χ0v) is 10.6. The summed E-state index contributed by atoms with van der Waals surface area (Å²) in [6.45, 7) is 2.58. The Balaban J connectivity index is 2.18. The Morgan fingerprint density at radius 1 is 1.26 bits per heavy atom. The molecule has 0 spiro atoms. The van der Waals surface area contributed by atoms with Crippen molar-refractivity contribution in [1.82, 2.24) is 14.5 Å². The third-order valence-corrected chi connectivity index (χ3v) is 2.83. The first-order valence-corrected chi connectivity index (χ1v) is 6.12. The van der Waals surface area contributed by atoms with Crippen molar-refractivity contribution in [3.05, 3.63) is 42.6 Å².